The van der Waals surface area contributed by atoms with Gasteiger partial charge in [0.1, 0.15) is 0 Å². The molecule has 0 saturated carbocycles. The van der Waals surface area contributed by atoms with Crippen LogP contribution in [-0.2, 0) is 17.9 Å². The predicted octanol–water partition coefficient (Wildman–Crippen LogP) is 2.95. The fourth-order valence-electron chi connectivity index (χ4n) is 2.45. The van der Waals surface area contributed by atoms with Crippen LogP contribution in [0.4, 0.5) is 0 Å². The first kappa shape index (κ1) is 16.0. The van der Waals surface area contributed by atoms with Gasteiger partial charge in [-0.2, -0.15) is 0 Å². The fraction of sp³-hybridized carbons (Fsp3) is 0.158. The molecule has 0 saturated heterocycles. The van der Waals surface area contributed by atoms with E-state index in [0.29, 0.717) is 18.7 Å². The molecule has 0 spiro atoms. The quantitative estimate of drug-likeness (QED) is 0.759. The average molecular weight is 321 g/mol. The minimum absolute atomic E-state index is 0.0911. The van der Waals surface area contributed by atoms with Crippen molar-refractivity contribution in [3.8, 4) is 5.69 Å². The van der Waals surface area contributed by atoms with Crippen molar-refractivity contribution in [2.75, 3.05) is 7.11 Å². The standard InChI is InChI=1S/C19H19N3O2/c1-24-13-16-3-2-4-17(11-16)19(23)21-12-15-5-7-18(8-6-15)22-10-9-20-14-22/h2-11,14H,12-13H2,1H3,(H,21,23). The van der Waals surface area contributed by atoms with Gasteiger partial charge in [0.2, 0.25) is 0 Å². The van der Waals surface area contributed by atoms with Crippen LogP contribution in [0, 0.1) is 0 Å². The fourth-order valence-corrected chi connectivity index (χ4v) is 2.45. The van der Waals surface area contributed by atoms with Crippen LogP contribution in [0.15, 0.2) is 67.3 Å². The molecule has 0 atom stereocenters. The number of methoxy groups -OCH3 is 1. The SMILES string of the molecule is COCc1cccc(C(=O)NCc2ccc(-n3ccnc3)cc2)c1. The van der Waals surface area contributed by atoms with E-state index in [4.69, 9.17) is 4.74 Å². The lowest BCUT2D eigenvalue weighted by atomic mass is 10.1. The molecule has 122 valence electrons. The smallest absolute Gasteiger partial charge is 0.251 e. The zero-order chi connectivity index (χ0) is 16.8. The molecule has 1 amide bonds. The lowest BCUT2D eigenvalue weighted by molar-refractivity contribution is 0.0950. The maximum atomic E-state index is 12.3. The molecule has 0 bridgehead atoms. The first-order chi connectivity index (χ1) is 11.8. The highest BCUT2D eigenvalue weighted by Crippen LogP contribution is 2.10. The summed E-state index contributed by atoms with van der Waals surface area (Å²) in [5.41, 5.74) is 3.70. The summed E-state index contributed by atoms with van der Waals surface area (Å²) in [5, 5.41) is 2.94. The topological polar surface area (TPSA) is 56.1 Å². The van der Waals surface area contributed by atoms with E-state index in [1.165, 1.54) is 0 Å². The number of carbonyl (C=O) groups is 1. The van der Waals surface area contributed by atoms with Crippen molar-refractivity contribution >= 4 is 5.91 Å². The van der Waals surface area contributed by atoms with Gasteiger partial charge in [-0.25, -0.2) is 4.98 Å². The highest BCUT2D eigenvalue weighted by molar-refractivity contribution is 5.94. The van der Waals surface area contributed by atoms with Gasteiger partial charge < -0.3 is 14.6 Å². The summed E-state index contributed by atoms with van der Waals surface area (Å²) >= 11 is 0. The van der Waals surface area contributed by atoms with Crippen molar-refractivity contribution in [3.63, 3.8) is 0 Å². The third kappa shape index (κ3) is 3.88. The number of imidazole rings is 1. The van der Waals surface area contributed by atoms with Crippen molar-refractivity contribution in [3.05, 3.63) is 83.9 Å². The van der Waals surface area contributed by atoms with Gasteiger partial charge in [-0.05, 0) is 35.4 Å². The second-order valence-electron chi connectivity index (χ2n) is 5.45. The first-order valence-corrected chi connectivity index (χ1v) is 7.69. The maximum Gasteiger partial charge on any atom is 0.251 e. The van der Waals surface area contributed by atoms with Crippen LogP contribution < -0.4 is 5.32 Å². The van der Waals surface area contributed by atoms with Gasteiger partial charge in [-0.1, -0.05) is 24.3 Å². The third-order valence-corrected chi connectivity index (χ3v) is 3.69. The molecule has 0 radical (unpaired) electrons. The van der Waals surface area contributed by atoms with Crippen LogP contribution in [0.3, 0.4) is 0 Å². The number of aromatic nitrogens is 2. The number of benzene rings is 2. The Bertz CT molecular complexity index is 796. The molecule has 1 heterocycles. The Hall–Kier alpha value is -2.92. The van der Waals surface area contributed by atoms with Gasteiger partial charge in [-0.3, -0.25) is 4.79 Å². The predicted molar refractivity (Wildman–Crippen MR) is 91.9 cm³/mol. The molecule has 5 nitrogen and oxygen atoms in total. The van der Waals surface area contributed by atoms with Crippen LogP contribution in [0.5, 0.6) is 0 Å². The summed E-state index contributed by atoms with van der Waals surface area (Å²) in [7, 11) is 1.64. The molecule has 0 unspecified atom stereocenters. The molecule has 0 aliphatic heterocycles. The lowest BCUT2D eigenvalue weighted by Gasteiger charge is -2.08. The number of nitrogens with zero attached hydrogens (tertiary/aromatic N) is 2. The molecule has 5 heteroatoms. The summed E-state index contributed by atoms with van der Waals surface area (Å²) in [4.78, 5) is 16.3. The Balaban J connectivity index is 1.61. The molecule has 0 fully saturated rings. The number of ether oxygens (including phenoxy) is 1. The molecule has 2 aromatic carbocycles. The second kappa shape index (κ2) is 7.57. The van der Waals surface area contributed by atoms with E-state index < -0.39 is 0 Å². The van der Waals surface area contributed by atoms with Crippen molar-refractivity contribution in [2.24, 2.45) is 0 Å². The van der Waals surface area contributed by atoms with Crippen LogP contribution in [0.25, 0.3) is 5.69 Å². The normalized spacial score (nSPS) is 10.5. The Kier molecular flexibility index (Phi) is 5.03. The van der Waals surface area contributed by atoms with E-state index in [1.54, 1.807) is 25.7 Å². The van der Waals surface area contributed by atoms with Gasteiger partial charge in [0.25, 0.3) is 5.91 Å². The van der Waals surface area contributed by atoms with Gasteiger partial charge in [0.15, 0.2) is 0 Å². The molecule has 1 aromatic heterocycles. The largest absolute Gasteiger partial charge is 0.380 e. The first-order valence-electron chi connectivity index (χ1n) is 7.69. The van der Waals surface area contributed by atoms with E-state index in [1.807, 2.05) is 53.2 Å². The van der Waals surface area contributed by atoms with Crippen LogP contribution in [0.2, 0.25) is 0 Å². The minimum atomic E-state index is -0.0911. The van der Waals surface area contributed by atoms with Gasteiger partial charge in [-0.15, -0.1) is 0 Å². The zero-order valence-electron chi connectivity index (χ0n) is 13.5. The van der Waals surface area contributed by atoms with Crippen molar-refractivity contribution in [1.29, 1.82) is 0 Å². The Morgan fingerprint density at radius 2 is 2.00 bits per heavy atom. The van der Waals surface area contributed by atoms with E-state index in [9.17, 15) is 4.79 Å². The molecule has 0 aliphatic carbocycles. The summed E-state index contributed by atoms with van der Waals surface area (Å²) in [6.45, 7) is 0.981. The van der Waals surface area contributed by atoms with Crippen LogP contribution >= 0.6 is 0 Å². The molecule has 1 N–H and O–H groups in total. The van der Waals surface area contributed by atoms with Gasteiger partial charge in [0, 0.05) is 37.3 Å². The summed E-state index contributed by atoms with van der Waals surface area (Å²) < 4.78 is 7.03. The highest BCUT2D eigenvalue weighted by Gasteiger charge is 2.06. The van der Waals surface area contributed by atoms with Gasteiger partial charge >= 0.3 is 0 Å². The second-order valence-corrected chi connectivity index (χ2v) is 5.45. The number of rotatable bonds is 6. The third-order valence-electron chi connectivity index (χ3n) is 3.69. The van der Waals surface area contributed by atoms with Crippen molar-refractivity contribution < 1.29 is 9.53 Å². The van der Waals surface area contributed by atoms with E-state index >= 15 is 0 Å². The Labute approximate surface area is 140 Å². The molecule has 3 aromatic rings. The van der Waals surface area contributed by atoms with Crippen molar-refractivity contribution in [2.45, 2.75) is 13.2 Å². The number of amides is 1. The Morgan fingerprint density at radius 1 is 1.17 bits per heavy atom. The number of hydrogen-bond donors (Lipinski definition) is 1. The number of hydrogen-bond acceptors (Lipinski definition) is 3. The average Bonchev–Trinajstić information content (AvgIpc) is 3.15. The Morgan fingerprint density at radius 3 is 2.71 bits per heavy atom. The zero-order valence-corrected chi connectivity index (χ0v) is 13.5. The molecular weight excluding hydrogens is 302 g/mol. The lowest BCUT2D eigenvalue weighted by Crippen LogP contribution is -2.22. The number of carbonyl (C=O) groups excluding carboxylic acids is 1. The van der Waals surface area contributed by atoms with Gasteiger partial charge in [0.05, 0.1) is 12.9 Å². The monoisotopic (exact) mass is 321 g/mol. The van der Waals surface area contributed by atoms with E-state index in [0.717, 1.165) is 16.8 Å². The molecule has 24 heavy (non-hydrogen) atoms. The van der Waals surface area contributed by atoms with Crippen LogP contribution in [0.1, 0.15) is 21.5 Å². The molecular formula is C19H19N3O2. The molecule has 3 rings (SSSR count). The summed E-state index contributed by atoms with van der Waals surface area (Å²) in [6, 6.07) is 15.5. The van der Waals surface area contributed by atoms with Crippen LogP contribution in [-0.4, -0.2) is 22.6 Å². The van der Waals surface area contributed by atoms with E-state index in [-0.39, 0.29) is 5.91 Å². The number of nitrogens with one attached hydrogen (secondary N) is 1. The maximum absolute atomic E-state index is 12.3. The highest BCUT2D eigenvalue weighted by atomic mass is 16.5. The minimum Gasteiger partial charge on any atom is -0.380 e. The molecule has 0 aliphatic rings. The summed E-state index contributed by atoms with van der Waals surface area (Å²) in [5.74, 6) is -0.0911. The summed E-state index contributed by atoms with van der Waals surface area (Å²) in [6.07, 6.45) is 5.39. The van der Waals surface area contributed by atoms with E-state index in [2.05, 4.69) is 10.3 Å². The van der Waals surface area contributed by atoms with Crippen molar-refractivity contribution in [1.82, 2.24) is 14.9 Å².